The van der Waals surface area contributed by atoms with Crippen molar-refractivity contribution in [2.24, 2.45) is 11.8 Å². The summed E-state index contributed by atoms with van der Waals surface area (Å²) in [7, 11) is 0. The van der Waals surface area contributed by atoms with Crippen LogP contribution in [-0.2, 0) is 33.3 Å². The van der Waals surface area contributed by atoms with Gasteiger partial charge in [0, 0.05) is 0 Å². The highest BCUT2D eigenvalue weighted by atomic mass is 35.5. The molecule has 4 N–H and O–H groups in total. The van der Waals surface area contributed by atoms with Crippen molar-refractivity contribution < 1.29 is 39.6 Å². The topological polar surface area (TPSA) is 149 Å². The van der Waals surface area contributed by atoms with E-state index in [1.54, 1.807) is 24.3 Å². The van der Waals surface area contributed by atoms with Crippen molar-refractivity contribution in [3.05, 3.63) is 69.8 Å². The highest BCUT2D eigenvalue weighted by Crippen LogP contribution is 2.28. The molecule has 0 heterocycles. The van der Waals surface area contributed by atoms with E-state index in [0.717, 1.165) is 41.5 Å². The molecule has 47 heavy (non-hydrogen) atoms. The van der Waals surface area contributed by atoms with E-state index in [-0.39, 0.29) is 27.3 Å². The molecule has 11 heteroatoms. The third kappa shape index (κ3) is 17.3. The number of carboxylic acids is 4. The zero-order valence-electron chi connectivity index (χ0n) is 28.6. The molecule has 0 spiro atoms. The van der Waals surface area contributed by atoms with Crippen molar-refractivity contribution in [3.63, 3.8) is 0 Å². The Labute approximate surface area is 295 Å². The molecular weight excluding hydrogens is 663 g/mol. The highest BCUT2D eigenvalue weighted by Gasteiger charge is 2.23. The number of aromatic carboxylic acids is 2. The lowest BCUT2D eigenvalue weighted by atomic mass is 9.83. The molecule has 0 aliphatic heterocycles. The number of hydrogen-bond acceptors (Lipinski definition) is 5. The first-order chi connectivity index (χ1) is 21.7. The smallest absolute Gasteiger partial charge is 0.335 e. The van der Waals surface area contributed by atoms with Gasteiger partial charge in [-0.15, -0.1) is 23.2 Å². The van der Waals surface area contributed by atoms with Crippen LogP contribution in [0.2, 0.25) is 0 Å². The number of carboxylic acid groups (broad SMARTS) is 4. The van der Waals surface area contributed by atoms with Gasteiger partial charge in [-0.3, -0.25) is 9.59 Å². The van der Waals surface area contributed by atoms with Gasteiger partial charge in [-0.1, -0.05) is 73.4 Å². The van der Waals surface area contributed by atoms with Crippen LogP contribution in [0.25, 0.3) is 0 Å². The first-order valence-corrected chi connectivity index (χ1v) is 17.4. The summed E-state index contributed by atoms with van der Waals surface area (Å²) < 4.78 is 0. The Kier molecular flexibility index (Phi) is 20.0. The fourth-order valence-electron chi connectivity index (χ4n) is 4.72. The molecule has 0 bridgehead atoms. The quantitative estimate of drug-likeness (QED) is 0.0961. The van der Waals surface area contributed by atoms with Gasteiger partial charge in [-0.25, -0.2) is 9.59 Å². The van der Waals surface area contributed by atoms with Gasteiger partial charge in [0.05, 0.1) is 28.3 Å². The van der Waals surface area contributed by atoms with Gasteiger partial charge < -0.3 is 20.4 Å². The van der Waals surface area contributed by atoms with E-state index in [4.69, 9.17) is 23.2 Å². The lowest BCUT2D eigenvalue weighted by Gasteiger charge is -2.21. The van der Waals surface area contributed by atoms with Crippen LogP contribution in [0.5, 0.6) is 0 Å². The van der Waals surface area contributed by atoms with Crippen molar-refractivity contribution in [2.45, 2.75) is 104 Å². The van der Waals surface area contributed by atoms with Crippen LogP contribution in [0, 0.1) is 11.8 Å². The Morgan fingerprint density at radius 2 is 1.00 bits per heavy atom. The number of rotatable bonds is 14. The monoisotopic (exact) mass is 714 g/mol. The predicted octanol–water partition coefficient (Wildman–Crippen LogP) is 9.17. The minimum atomic E-state index is -0.991. The summed E-state index contributed by atoms with van der Waals surface area (Å²) in [5, 5.41) is 37.4. The van der Waals surface area contributed by atoms with Gasteiger partial charge in [0.25, 0.3) is 0 Å². The van der Waals surface area contributed by atoms with E-state index in [1.807, 2.05) is 60.6 Å². The SMILES string of the molecule is CC(C)(C)c1cc(CC(CCCS)C(=O)O)cc(C(=O)O)c1.CCCCC(Cc1cc(C(=O)O)cc(C(C)(C)C)c1)C(=O)O.ClCCl. The first-order valence-electron chi connectivity index (χ1n) is 15.7. The Morgan fingerprint density at radius 1 is 0.660 bits per heavy atom. The fourth-order valence-corrected chi connectivity index (χ4v) is 4.90. The van der Waals surface area contributed by atoms with Crippen LogP contribution in [0.15, 0.2) is 36.4 Å². The Bertz CT molecular complexity index is 1220. The van der Waals surface area contributed by atoms with Gasteiger partial charge in [0.1, 0.15) is 0 Å². The van der Waals surface area contributed by atoms with E-state index in [2.05, 4.69) is 12.6 Å². The van der Waals surface area contributed by atoms with Gasteiger partial charge in [-0.2, -0.15) is 12.6 Å². The first kappa shape index (κ1) is 44.2. The summed E-state index contributed by atoms with van der Waals surface area (Å²) in [6, 6.07) is 10.4. The average molecular weight is 716 g/mol. The lowest BCUT2D eigenvalue weighted by molar-refractivity contribution is -0.142. The van der Waals surface area contributed by atoms with Crippen LogP contribution in [0.4, 0.5) is 0 Å². The number of benzene rings is 2. The van der Waals surface area contributed by atoms with Crippen molar-refractivity contribution in [1.82, 2.24) is 0 Å². The van der Waals surface area contributed by atoms with Crippen molar-refractivity contribution in [3.8, 4) is 0 Å². The van der Waals surface area contributed by atoms with Crippen molar-refractivity contribution in [1.29, 1.82) is 0 Å². The molecule has 8 nitrogen and oxygen atoms in total. The Hall–Kier alpha value is -2.75. The maximum atomic E-state index is 11.4. The summed E-state index contributed by atoms with van der Waals surface area (Å²) >= 11 is 13.6. The fraction of sp³-hybridized carbons (Fsp3) is 0.556. The summed E-state index contributed by atoms with van der Waals surface area (Å²) in [6.07, 6.45) is 4.42. The predicted molar refractivity (Wildman–Crippen MR) is 193 cm³/mol. The largest absolute Gasteiger partial charge is 0.481 e. The normalized spacial score (nSPS) is 12.5. The molecule has 0 aromatic heterocycles. The number of carbonyl (C=O) groups is 4. The molecule has 2 aromatic carbocycles. The van der Waals surface area contributed by atoms with Crippen LogP contribution in [0.1, 0.15) is 124 Å². The van der Waals surface area contributed by atoms with Crippen molar-refractivity contribution in [2.75, 3.05) is 11.1 Å². The third-order valence-electron chi connectivity index (χ3n) is 7.49. The van der Waals surface area contributed by atoms with Crippen LogP contribution in [-0.4, -0.2) is 55.4 Å². The highest BCUT2D eigenvalue weighted by molar-refractivity contribution is 7.80. The zero-order valence-corrected chi connectivity index (χ0v) is 31.0. The molecule has 0 aliphatic rings. The minimum absolute atomic E-state index is 0.178. The molecule has 2 rings (SSSR count). The Morgan fingerprint density at radius 3 is 1.26 bits per heavy atom. The summed E-state index contributed by atoms with van der Waals surface area (Å²) in [5.74, 6) is -3.96. The van der Waals surface area contributed by atoms with E-state index < -0.39 is 35.7 Å². The molecule has 264 valence electrons. The van der Waals surface area contributed by atoms with Gasteiger partial charge in [0.15, 0.2) is 0 Å². The number of aliphatic carboxylic acids is 2. The molecule has 0 aliphatic carbocycles. The number of thiol groups is 1. The number of hydrogen-bond donors (Lipinski definition) is 5. The minimum Gasteiger partial charge on any atom is -0.481 e. The summed E-state index contributed by atoms with van der Waals surface area (Å²) in [5.41, 5.74) is 3.43. The Balaban J connectivity index is 0.000000831. The maximum absolute atomic E-state index is 11.4. The number of unbranched alkanes of at least 4 members (excludes halogenated alkanes) is 1. The van der Waals surface area contributed by atoms with E-state index >= 15 is 0 Å². The van der Waals surface area contributed by atoms with Gasteiger partial charge in [0.2, 0.25) is 0 Å². The molecule has 0 amide bonds. The molecule has 0 radical (unpaired) electrons. The van der Waals surface area contributed by atoms with E-state index in [1.165, 1.54) is 0 Å². The lowest BCUT2D eigenvalue weighted by Crippen LogP contribution is -2.18. The molecule has 0 saturated carbocycles. The van der Waals surface area contributed by atoms with Crippen LogP contribution >= 0.6 is 35.8 Å². The molecule has 2 aromatic rings. The summed E-state index contributed by atoms with van der Waals surface area (Å²) in [4.78, 5) is 45.4. The number of halogens is 2. The van der Waals surface area contributed by atoms with Crippen molar-refractivity contribution >= 4 is 59.7 Å². The van der Waals surface area contributed by atoms with E-state index in [0.29, 0.717) is 31.4 Å². The zero-order chi connectivity index (χ0) is 36.5. The molecule has 0 saturated heterocycles. The second-order valence-electron chi connectivity index (χ2n) is 13.5. The second-order valence-corrected chi connectivity index (χ2v) is 14.8. The standard InChI is InChI=1S/C18H26O4.C17H24O4S.CH2Cl2/c1-5-6-7-13(16(19)20)8-12-9-14(17(21)22)11-15(10-12)18(2,3)4;1-17(2,3)14-9-11(8-13(10-14)16(20)21)7-12(15(18)19)5-4-6-22;2-1-3/h9-11,13H,5-8H2,1-4H3,(H,19,20)(H,21,22);8-10,12,22H,4-7H2,1-3H3,(H,18,19)(H,20,21);1H2. The third-order valence-corrected chi connectivity index (χ3v) is 7.81. The van der Waals surface area contributed by atoms with Gasteiger partial charge >= 0.3 is 23.9 Å². The maximum Gasteiger partial charge on any atom is 0.335 e. The number of alkyl halides is 2. The van der Waals surface area contributed by atoms with E-state index in [9.17, 15) is 39.6 Å². The van der Waals surface area contributed by atoms with Crippen LogP contribution in [0.3, 0.4) is 0 Å². The molecule has 2 atom stereocenters. The molecule has 0 fully saturated rings. The average Bonchev–Trinajstić information content (AvgIpc) is 2.96. The molecular formula is C36H52Cl2O8S. The second kappa shape index (κ2) is 21.3. The van der Waals surface area contributed by atoms with Crippen LogP contribution < -0.4 is 0 Å². The molecule has 2 unspecified atom stereocenters. The van der Waals surface area contributed by atoms with Gasteiger partial charge in [-0.05, 0) is 95.2 Å². The summed E-state index contributed by atoms with van der Waals surface area (Å²) in [6.45, 7) is 14.1.